The molecule has 0 spiro atoms. The van der Waals surface area contributed by atoms with Gasteiger partial charge in [0.05, 0.1) is 27.9 Å². The Balaban J connectivity index is 0.000000214. The Hall–Kier alpha value is -5.87. The fraction of sp³-hybridized carbons (Fsp3) is 0.375. The SMILES string of the molecule is CC(C)(C(=O)O)c1ccc(C(O)CCCN2CCC(=C(c3ccccc3)c3ccccc3)CC2)cc1.CC(C)(C(=O)O)c1ccc(C(O)CCCN2CCC(C(Cl)(c3ccccc3)c3ccccc3)CC2)cc1. The zero-order valence-corrected chi connectivity index (χ0v) is 43.9. The lowest BCUT2D eigenvalue weighted by Crippen LogP contribution is -2.41. The monoisotopic (exact) mass is 1000 g/mol. The smallest absolute Gasteiger partial charge is 0.313 e. The minimum Gasteiger partial charge on any atom is -0.481 e. The molecule has 2 atom stereocenters. The van der Waals surface area contributed by atoms with Crippen LogP contribution in [0.15, 0.2) is 175 Å². The molecule has 8 rings (SSSR count). The van der Waals surface area contributed by atoms with Gasteiger partial charge >= 0.3 is 11.9 Å². The fourth-order valence-corrected chi connectivity index (χ4v) is 10.9. The van der Waals surface area contributed by atoms with Gasteiger partial charge in [0.2, 0.25) is 0 Å². The van der Waals surface area contributed by atoms with Gasteiger partial charge in [0.15, 0.2) is 0 Å². The average molecular weight is 1000 g/mol. The van der Waals surface area contributed by atoms with Gasteiger partial charge < -0.3 is 30.2 Å². The highest BCUT2D eigenvalue weighted by molar-refractivity contribution is 6.26. The van der Waals surface area contributed by atoms with E-state index in [1.165, 1.54) is 22.3 Å². The van der Waals surface area contributed by atoms with Gasteiger partial charge in [-0.3, -0.25) is 9.59 Å². The molecule has 0 aliphatic carbocycles. The third-order valence-corrected chi connectivity index (χ3v) is 16.2. The molecule has 2 unspecified atom stereocenters. The Morgan fingerprint density at radius 2 is 0.849 bits per heavy atom. The quantitative estimate of drug-likeness (QED) is 0.0592. The number of piperidine rings is 2. The molecule has 0 saturated carbocycles. The highest BCUT2D eigenvalue weighted by atomic mass is 35.5. The molecule has 0 bridgehead atoms. The van der Waals surface area contributed by atoms with E-state index in [1.54, 1.807) is 27.7 Å². The molecule has 8 nitrogen and oxygen atoms in total. The standard InChI is InChI=1S/C32H38ClNO3.C32H37NO3/c1-31(2,30(36)37)25-17-15-24(16-18-25)29(35)14-9-21-34-22-19-28(20-23-34)32(33,26-10-5-3-6-11-26)27-12-7-4-8-13-27;1-32(2,31(35)36)28-17-15-24(16-18-28)29(34)14-9-21-33-22-19-27(20-23-33)30(25-10-5-3-6-11-25)26-12-7-4-8-13-26/h3-8,10-13,15-18,28-29,35H,9,14,19-23H2,1-2H3,(H,36,37);3-8,10-13,15-18,29,34H,9,14,19-23H2,1-2H3,(H,35,36). The topological polar surface area (TPSA) is 122 Å². The summed E-state index contributed by atoms with van der Waals surface area (Å²) in [7, 11) is 0. The Bertz CT molecular complexity index is 2590. The first-order valence-corrected chi connectivity index (χ1v) is 26.6. The van der Waals surface area contributed by atoms with Crippen molar-refractivity contribution in [3.8, 4) is 0 Å². The normalized spacial score (nSPS) is 16.0. The Labute approximate surface area is 439 Å². The van der Waals surface area contributed by atoms with Crippen LogP contribution in [-0.2, 0) is 25.3 Å². The second kappa shape index (κ2) is 25.4. The molecule has 2 heterocycles. The summed E-state index contributed by atoms with van der Waals surface area (Å²) in [4.78, 5) is 27.4. The van der Waals surface area contributed by atoms with Gasteiger partial charge in [-0.1, -0.05) is 175 Å². The van der Waals surface area contributed by atoms with E-state index in [-0.39, 0.29) is 0 Å². The summed E-state index contributed by atoms with van der Waals surface area (Å²) < 4.78 is 0. The van der Waals surface area contributed by atoms with Crippen molar-refractivity contribution < 1.29 is 30.0 Å². The van der Waals surface area contributed by atoms with Crippen LogP contribution in [0.2, 0.25) is 0 Å². The van der Waals surface area contributed by atoms with Crippen molar-refractivity contribution in [2.24, 2.45) is 5.92 Å². The van der Waals surface area contributed by atoms with E-state index in [4.69, 9.17) is 11.6 Å². The van der Waals surface area contributed by atoms with Crippen molar-refractivity contribution >= 4 is 29.1 Å². The molecule has 0 aromatic heterocycles. The zero-order valence-electron chi connectivity index (χ0n) is 43.2. The van der Waals surface area contributed by atoms with Crippen molar-refractivity contribution in [1.29, 1.82) is 0 Å². The first-order valence-electron chi connectivity index (χ1n) is 26.2. The third-order valence-electron chi connectivity index (χ3n) is 15.5. The van der Waals surface area contributed by atoms with Crippen LogP contribution in [0.1, 0.15) is 136 Å². The maximum Gasteiger partial charge on any atom is 0.313 e. The van der Waals surface area contributed by atoms with E-state index in [0.717, 1.165) is 111 Å². The van der Waals surface area contributed by atoms with E-state index in [9.17, 15) is 30.0 Å². The molecule has 0 radical (unpaired) electrons. The number of alkyl halides is 1. The van der Waals surface area contributed by atoms with E-state index >= 15 is 0 Å². The van der Waals surface area contributed by atoms with Crippen LogP contribution in [0.5, 0.6) is 0 Å². The maximum atomic E-state index is 11.5. The molecule has 2 aliphatic heterocycles. The first kappa shape index (κ1) is 54.9. The molecular formula is C64H75ClN2O6. The van der Waals surface area contributed by atoms with E-state index in [1.807, 2.05) is 60.7 Å². The van der Waals surface area contributed by atoms with Crippen molar-refractivity contribution in [2.75, 3.05) is 39.3 Å². The number of nitrogens with zero attached hydrogens (tertiary/aromatic N) is 2. The van der Waals surface area contributed by atoms with Crippen LogP contribution in [0.25, 0.3) is 5.57 Å². The fourth-order valence-electron chi connectivity index (χ4n) is 10.5. The van der Waals surface area contributed by atoms with Crippen LogP contribution in [-0.4, -0.2) is 81.4 Å². The summed E-state index contributed by atoms with van der Waals surface area (Å²) in [6, 6.07) is 57.0. The summed E-state index contributed by atoms with van der Waals surface area (Å²) in [6.07, 6.45) is 6.28. The van der Waals surface area contributed by atoms with E-state index in [0.29, 0.717) is 18.8 Å². The summed E-state index contributed by atoms with van der Waals surface area (Å²) in [5.41, 5.74) is 9.05. The molecule has 6 aromatic rings. The molecule has 2 aliphatic rings. The van der Waals surface area contributed by atoms with Crippen molar-refractivity contribution in [3.63, 3.8) is 0 Å². The maximum absolute atomic E-state index is 11.5. The number of carboxylic acid groups (broad SMARTS) is 2. The number of hydrogen-bond donors (Lipinski definition) is 4. The van der Waals surface area contributed by atoms with Crippen molar-refractivity contribution in [1.82, 2.24) is 9.80 Å². The summed E-state index contributed by atoms with van der Waals surface area (Å²) >= 11 is 7.50. The number of carbonyl (C=O) groups is 2. The first-order chi connectivity index (χ1) is 35.1. The van der Waals surface area contributed by atoms with Gasteiger partial charge in [-0.05, 0) is 161 Å². The molecule has 6 aromatic carbocycles. The van der Waals surface area contributed by atoms with Crippen LogP contribution < -0.4 is 0 Å². The predicted octanol–water partition coefficient (Wildman–Crippen LogP) is 13.2. The Morgan fingerprint density at radius 3 is 1.21 bits per heavy atom. The number of carboxylic acids is 2. The second-order valence-corrected chi connectivity index (χ2v) is 21.6. The molecule has 2 fully saturated rings. The molecule has 9 heteroatoms. The highest BCUT2D eigenvalue weighted by Gasteiger charge is 2.41. The van der Waals surface area contributed by atoms with Gasteiger partial charge in [-0.25, -0.2) is 0 Å². The number of aliphatic carboxylic acids is 2. The van der Waals surface area contributed by atoms with Crippen LogP contribution in [0.4, 0.5) is 0 Å². The van der Waals surface area contributed by atoms with Gasteiger partial charge in [-0.15, -0.1) is 11.6 Å². The van der Waals surface area contributed by atoms with Gasteiger partial charge in [-0.2, -0.15) is 0 Å². The predicted molar refractivity (Wildman–Crippen MR) is 296 cm³/mol. The third kappa shape index (κ3) is 13.9. The van der Waals surface area contributed by atoms with Crippen molar-refractivity contribution in [2.45, 2.75) is 107 Å². The number of aliphatic hydroxyl groups excluding tert-OH is 2. The Kier molecular flexibility index (Phi) is 19.1. The molecule has 384 valence electrons. The largest absolute Gasteiger partial charge is 0.481 e. The average Bonchev–Trinajstić information content (AvgIpc) is 3.42. The van der Waals surface area contributed by atoms with E-state index < -0.39 is 39.9 Å². The second-order valence-electron chi connectivity index (χ2n) is 21.0. The van der Waals surface area contributed by atoms with Crippen LogP contribution in [0, 0.1) is 5.92 Å². The zero-order chi connectivity index (χ0) is 52.0. The summed E-state index contributed by atoms with van der Waals surface area (Å²) in [6.45, 7) is 12.8. The lowest BCUT2D eigenvalue weighted by molar-refractivity contribution is -0.143. The molecule has 73 heavy (non-hydrogen) atoms. The number of hydrogen-bond acceptors (Lipinski definition) is 6. The molecular weight excluding hydrogens is 928 g/mol. The molecule has 4 N–H and O–H groups in total. The number of likely N-dealkylation sites (tertiary alicyclic amines) is 2. The summed E-state index contributed by atoms with van der Waals surface area (Å²) in [5, 5.41) is 40.2. The number of halogens is 1. The van der Waals surface area contributed by atoms with Gasteiger partial charge in [0.25, 0.3) is 0 Å². The Morgan fingerprint density at radius 1 is 0.507 bits per heavy atom. The van der Waals surface area contributed by atoms with Crippen molar-refractivity contribution in [3.05, 3.63) is 220 Å². The number of benzene rings is 6. The molecule has 2 saturated heterocycles. The summed E-state index contributed by atoms with van der Waals surface area (Å²) in [5.74, 6) is -1.37. The number of rotatable bonds is 19. The van der Waals surface area contributed by atoms with E-state index in [2.05, 4.69) is 119 Å². The van der Waals surface area contributed by atoms with Crippen LogP contribution in [0.3, 0.4) is 0 Å². The van der Waals surface area contributed by atoms with Gasteiger partial charge in [0, 0.05) is 13.1 Å². The minimum atomic E-state index is -0.947. The minimum absolute atomic E-state index is 0.342. The lowest BCUT2D eigenvalue weighted by atomic mass is 9.75. The van der Waals surface area contributed by atoms with Gasteiger partial charge in [0.1, 0.15) is 0 Å². The highest BCUT2D eigenvalue weighted by Crippen LogP contribution is 2.47. The van der Waals surface area contributed by atoms with Crippen LogP contribution >= 0.6 is 11.6 Å². The lowest BCUT2D eigenvalue weighted by Gasteiger charge is -2.42. The number of aliphatic hydroxyl groups is 2. The molecule has 0 amide bonds.